The maximum Gasteiger partial charge on any atom is 0.269 e. The molecular formula is C16H20N6O3. The standard InChI is InChI=1S/C16H20N6O3/c1-25-15-8-13(17-11-18-15)20-14(23)10-22-16(24)7-12(9-19-22)21-5-3-2-4-6-21/h7-9,11H,2-6,10H2,1H3,(H,17,18,20,23). The van der Waals surface area contributed by atoms with Gasteiger partial charge in [-0.05, 0) is 19.3 Å². The van der Waals surface area contributed by atoms with Gasteiger partial charge in [0.15, 0.2) is 0 Å². The van der Waals surface area contributed by atoms with E-state index in [-0.39, 0.29) is 12.1 Å². The molecule has 2 aromatic rings. The highest BCUT2D eigenvalue weighted by atomic mass is 16.5. The topological polar surface area (TPSA) is 102 Å². The number of aromatic nitrogens is 4. The van der Waals surface area contributed by atoms with Crippen molar-refractivity contribution < 1.29 is 9.53 Å². The molecule has 0 bridgehead atoms. The number of hydrogen-bond donors (Lipinski definition) is 1. The Balaban J connectivity index is 1.65. The van der Waals surface area contributed by atoms with Crippen LogP contribution in [0.25, 0.3) is 0 Å². The Kier molecular flexibility index (Phi) is 5.22. The summed E-state index contributed by atoms with van der Waals surface area (Å²) in [5.41, 5.74) is 0.500. The van der Waals surface area contributed by atoms with Crippen LogP contribution in [0.5, 0.6) is 5.88 Å². The number of nitrogens with zero attached hydrogens (tertiary/aromatic N) is 5. The van der Waals surface area contributed by atoms with Crippen LogP contribution in [0.2, 0.25) is 0 Å². The fourth-order valence-corrected chi connectivity index (χ4v) is 2.71. The van der Waals surface area contributed by atoms with Gasteiger partial charge >= 0.3 is 0 Å². The molecule has 9 nitrogen and oxygen atoms in total. The molecule has 1 aliphatic rings. The fourth-order valence-electron chi connectivity index (χ4n) is 2.71. The number of carbonyl (C=O) groups excluding carboxylic acids is 1. The van der Waals surface area contributed by atoms with Gasteiger partial charge in [-0.15, -0.1) is 0 Å². The lowest BCUT2D eigenvalue weighted by Gasteiger charge is -2.28. The van der Waals surface area contributed by atoms with Gasteiger partial charge in [0.05, 0.1) is 19.0 Å². The normalized spacial score (nSPS) is 14.2. The van der Waals surface area contributed by atoms with E-state index in [0.717, 1.165) is 36.3 Å². The van der Waals surface area contributed by atoms with E-state index in [4.69, 9.17) is 4.74 Å². The molecule has 0 aliphatic carbocycles. The van der Waals surface area contributed by atoms with E-state index in [9.17, 15) is 9.59 Å². The van der Waals surface area contributed by atoms with Crippen LogP contribution < -0.4 is 20.5 Å². The molecule has 0 spiro atoms. The molecule has 0 atom stereocenters. The molecule has 0 saturated carbocycles. The van der Waals surface area contributed by atoms with E-state index in [1.165, 1.54) is 32.0 Å². The Labute approximate surface area is 144 Å². The van der Waals surface area contributed by atoms with Gasteiger partial charge in [0.25, 0.3) is 5.56 Å². The first-order chi connectivity index (χ1) is 12.2. The quantitative estimate of drug-likeness (QED) is 0.850. The minimum absolute atomic E-state index is 0.189. The van der Waals surface area contributed by atoms with Gasteiger partial charge in [-0.1, -0.05) is 0 Å². The number of hydrogen-bond acceptors (Lipinski definition) is 7. The summed E-state index contributed by atoms with van der Waals surface area (Å²) >= 11 is 0. The Morgan fingerprint density at radius 3 is 2.76 bits per heavy atom. The first-order valence-electron chi connectivity index (χ1n) is 8.14. The van der Waals surface area contributed by atoms with Crippen molar-refractivity contribution >= 4 is 17.4 Å². The summed E-state index contributed by atoms with van der Waals surface area (Å²) in [5, 5.41) is 6.70. The van der Waals surface area contributed by atoms with Crippen molar-refractivity contribution in [1.82, 2.24) is 19.7 Å². The highest BCUT2D eigenvalue weighted by Gasteiger charge is 2.13. The highest BCUT2D eigenvalue weighted by molar-refractivity contribution is 5.89. The van der Waals surface area contributed by atoms with Crippen molar-refractivity contribution in [2.45, 2.75) is 25.8 Å². The number of methoxy groups -OCH3 is 1. The van der Waals surface area contributed by atoms with Gasteiger partial charge in [-0.3, -0.25) is 9.59 Å². The second-order valence-corrected chi connectivity index (χ2v) is 5.75. The van der Waals surface area contributed by atoms with Crippen molar-refractivity contribution in [1.29, 1.82) is 0 Å². The van der Waals surface area contributed by atoms with E-state index < -0.39 is 5.91 Å². The number of ether oxygens (including phenoxy) is 1. The van der Waals surface area contributed by atoms with E-state index >= 15 is 0 Å². The van der Waals surface area contributed by atoms with Crippen LogP contribution in [0, 0.1) is 0 Å². The number of rotatable bonds is 5. The molecule has 3 rings (SSSR count). The van der Waals surface area contributed by atoms with Crippen molar-refractivity contribution in [3.8, 4) is 5.88 Å². The summed E-state index contributed by atoms with van der Waals surface area (Å²) in [4.78, 5) is 34.3. The van der Waals surface area contributed by atoms with Crippen LogP contribution in [0.3, 0.4) is 0 Å². The second-order valence-electron chi connectivity index (χ2n) is 5.75. The minimum atomic E-state index is -0.402. The van der Waals surface area contributed by atoms with Crippen LogP contribution in [0.15, 0.2) is 29.5 Å². The van der Waals surface area contributed by atoms with Gasteiger partial charge in [-0.25, -0.2) is 14.6 Å². The molecule has 3 heterocycles. The lowest BCUT2D eigenvalue weighted by molar-refractivity contribution is -0.117. The number of carbonyl (C=O) groups is 1. The van der Waals surface area contributed by atoms with Gasteiger partial charge in [-0.2, -0.15) is 5.10 Å². The monoisotopic (exact) mass is 344 g/mol. The Morgan fingerprint density at radius 2 is 2.04 bits per heavy atom. The molecule has 1 saturated heterocycles. The molecule has 1 N–H and O–H groups in total. The molecule has 1 aliphatic heterocycles. The molecule has 1 amide bonds. The third-order valence-corrected chi connectivity index (χ3v) is 3.99. The summed E-state index contributed by atoms with van der Waals surface area (Å²) in [6.07, 6.45) is 6.37. The smallest absolute Gasteiger partial charge is 0.269 e. The third kappa shape index (κ3) is 4.31. The van der Waals surface area contributed by atoms with Gasteiger partial charge in [0.1, 0.15) is 18.7 Å². The van der Waals surface area contributed by atoms with Crippen LogP contribution in [-0.2, 0) is 11.3 Å². The van der Waals surface area contributed by atoms with Crippen molar-refractivity contribution in [2.24, 2.45) is 0 Å². The molecule has 0 unspecified atom stereocenters. The Bertz CT molecular complexity index is 800. The summed E-state index contributed by atoms with van der Waals surface area (Å²) in [7, 11) is 1.47. The van der Waals surface area contributed by atoms with Crippen molar-refractivity contribution in [2.75, 3.05) is 30.4 Å². The van der Waals surface area contributed by atoms with Gasteiger partial charge < -0.3 is 15.0 Å². The molecule has 0 radical (unpaired) electrons. The summed E-state index contributed by atoms with van der Waals surface area (Å²) in [6.45, 7) is 1.67. The minimum Gasteiger partial charge on any atom is -0.481 e. The highest BCUT2D eigenvalue weighted by Crippen LogP contribution is 2.16. The van der Waals surface area contributed by atoms with Crippen LogP contribution >= 0.6 is 0 Å². The zero-order valence-electron chi connectivity index (χ0n) is 14.0. The summed E-state index contributed by atoms with van der Waals surface area (Å²) in [6, 6.07) is 3.02. The molecule has 132 valence electrons. The first-order valence-corrected chi connectivity index (χ1v) is 8.14. The second kappa shape index (κ2) is 7.73. The van der Waals surface area contributed by atoms with Crippen molar-refractivity contribution in [3.63, 3.8) is 0 Å². The van der Waals surface area contributed by atoms with Gasteiger partial charge in [0, 0.05) is 25.2 Å². The predicted molar refractivity (Wildman–Crippen MR) is 91.8 cm³/mol. The number of piperidine rings is 1. The van der Waals surface area contributed by atoms with E-state index in [0.29, 0.717) is 11.7 Å². The average molecular weight is 344 g/mol. The number of anilines is 2. The van der Waals surface area contributed by atoms with E-state index in [2.05, 4.69) is 25.3 Å². The SMILES string of the molecule is COc1cc(NC(=O)Cn2ncc(N3CCCCC3)cc2=O)ncn1. The van der Waals surface area contributed by atoms with Crippen LogP contribution in [-0.4, -0.2) is 45.9 Å². The summed E-state index contributed by atoms with van der Waals surface area (Å²) < 4.78 is 6.10. The zero-order chi connectivity index (χ0) is 17.6. The molecule has 1 fully saturated rings. The summed E-state index contributed by atoms with van der Waals surface area (Å²) in [5.74, 6) is 0.238. The maximum atomic E-state index is 12.2. The molecule has 9 heteroatoms. The van der Waals surface area contributed by atoms with E-state index in [1.807, 2.05) is 0 Å². The largest absolute Gasteiger partial charge is 0.481 e. The van der Waals surface area contributed by atoms with Crippen LogP contribution in [0.1, 0.15) is 19.3 Å². The number of nitrogens with one attached hydrogen (secondary N) is 1. The average Bonchev–Trinajstić information content (AvgIpc) is 2.64. The predicted octanol–water partition coefficient (Wildman–Crippen LogP) is 0.671. The Morgan fingerprint density at radius 1 is 1.24 bits per heavy atom. The fraction of sp³-hybridized carbons (Fsp3) is 0.438. The molecule has 25 heavy (non-hydrogen) atoms. The lowest BCUT2D eigenvalue weighted by Crippen LogP contribution is -2.33. The Hall–Kier alpha value is -2.97. The van der Waals surface area contributed by atoms with Gasteiger partial charge in [0.2, 0.25) is 11.8 Å². The first kappa shape index (κ1) is 16.9. The zero-order valence-corrected chi connectivity index (χ0v) is 14.0. The lowest BCUT2D eigenvalue weighted by atomic mass is 10.1. The molecule has 0 aromatic carbocycles. The number of amides is 1. The van der Waals surface area contributed by atoms with Crippen molar-refractivity contribution in [3.05, 3.63) is 35.0 Å². The molecular weight excluding hydrogens is 324 g/mol. The molecule has 2 aromatic heterocycles. The van der Waals surface area contributed by atoms with Crippen LogP contribution in [0.4, 0.5) is 11.5 Å². The maximum absolute atomic E-state index is 12.2. The van der Waals surface area contributed by atoms with E-state index in [1.54, 1.807) is 6.20 Å². The third-order valence-electron chi connectivity index (χ3n) is 3.99.